The van der Waals surface area contributed by atoms with Crippen molar-refractivity contribution < 1.29 is 34.2 Å². The van der Waals surface area contributed by atoms with E-state index >= 15 is 0 Å². The van der Waals surface area contributed by atoms with Crippen molar-refractivity contribution in [3.8, 4) is 0 Å². The van der Waals surface area contributed by atoms with Gasteiger partial charge < -0.3 is 24.6 Å². The third-order valence-corrected chi connectivity index (χ3v) is 8.27. The Morgan fingerprint density at radius 3 is 1.20 bits per heavy atom. The standard InChI is InChI=1S/C33H61NO6/c1-5-6-7-8-9-10-11-12-13-14-15-16-17-18-19-20-21-22-23-24-34(25-28(2)31(35)36,26-29(3)32(37)38)27-30(4)33(39)40/h5,28-30H,1,6-27H2,2-4H3,(H2-,35,36,37,38,39,40). The molecule has 0 heterocycles. The molecular weight excluding hydrogens is 506 g/mol. The van der Waals surface area contributed by atoms with Crippen LogP contribution >= 0.6 is 0 Å². The van der Waals surface area contributed by atoms with Crippen LogP contribution < -0.4 is 5.11 Å². The Morgan fingerprint density at radius 2 is 0.900 bits per heavy atom. The average molecular weight is 568 g/mol. The summed E-state index contributed by atoms with van der Waals surface area (Å²) in [6.45, 7) is 9.77. The zero-order chi connectivity index (χ0) is 30.2. The topological polar surface area (TPSA) is 115 Å². The van der Waals surface area contributed by atoms with E-state index in [9.17, 15) is 29.7 Å². The first-order valence-corrected chi connectivity index (χ1v) is 16.2. The number of unbranched alkanes of at least 4 members (excludes halogenated alkanes) is 17. The molecule has 0 aromatic heterocycles. The number of aliphatic carboxylic acids is 3. The largest absolute Gasteiger partial charge is 0.550 e. The monoisotopic (exact) mass is 567 g/mol. The van der Waals surface area contributed by atoms with Crippen molar-refractivity contribution in [3.63, 3.8) is 0 Å². The summed E-state index contributed by atoms with van der Waals surface area (Å²) in [7, 11) is 0. The van der Waals surface area contributed by atoms with Crippen LogP contribution in [0.15, 0.2) is 12.7 Å². The second-order valence-corrected chi connectivity index (χ2v) is 12.4. The van der Waals surface area contributed by atoms with Gasteiger partial charge in [0.05, 0.1) is 26.2 Å². The summed E-state index contributed by atoms with van der Waals surface area (Å²) >= 11 is 0. The molecule has 40 heavy (non-hydrogen) atoms. The van der Waals surface area contributed by atoms with E-state index in [0.717, 1.165) is 25.7 Å². The third kappa shape index (κ3) is 20.1. The summed E-state index contributed by atoms with van der Waals surface area (Å²) < 4.78 is 0.186. The second kappa shape index (κ2) is 23.8. The summed E-state index contributed by atoms with van der Waals surface area (Å²) in [5.74, 6) is -5.23. The molecule has 0 aliphatic heterocycles. The van der Waals surface area contributed by atoms with Crippen LogP contribution in [0.4, 0.5) is 0 Å². The van der Waals surface area contributed by atoms with Gasteiger partial charge in [0.1, 0.15) is 11.8 Å². The van der Waals surface area contributed by atoms with Gasteiger partial charge in [-0.1, -0.05) is 103 Å². The number of nitrogens with zero attached hydrogens (tertiary/aromatic N) is 1. The molecule has 0 bridgehead atoms. The smallest absolute Gasteiger partial charge is 0.311 e. The average Bonchev–Trinajstić information content (AvgIpc) is 2.89. The van der Waals surface area contributed by atoms with Gasteiger partial charge in [0, 0.05) is 11.9 Å². The van der Waals surface area contributed by atoms with Crippen molar-refractivity contribution in [2.24, 2.45) is 17.8 Å². The van der Waals surface area contributed by atoms with Gasteiger partial charge in [-0.3, -0.25) is 9.59 Å². The number of carbonyl (C=O) groups excluding carboxylic acids is 1. The maximum atomic E-state index is 11.6. The molecule has 3 unspecified atom stereocenters. The predicted octanol–water partition coefficient (Wildman–Crippen LogP) is 6.84. The molecule has 7 nitrogen and oxygen atoms in total. The quantitative estimate of drug-likeness (QED) is 0.0581. The molecule has 234 valence electrons. The van der Waals surface area contributed by atoms with Gasteiger partial charge in [0.15, 0.2) is 0 Å². The Bertz CT molecular complexity index is 639. The molecule has 0 aromatic rings. The first-order valence-electron chi connectivity index (χ1n) is 16.2. The van der Waals surface area contributed by atoms with E-state index in [1.54, 1.807) is 20.8 Å². The fourth-order valence-electron chi connectivity index (χ4n) is 5.86. The number of quaternary nitrogens is 1. The fraction of sp³-hybridized carbons (Fsp3) is 0.848. The van der Waals surface area contributed by atoms with Gasteiger partial charge in [-0.05, 0) is 39.5 Å². The van der Waals surface area contributed by atoms with Crippen molar-refractivity contribution in [2.45, 2.75) is 136 Å². The van der Waals surface area contributed by atoms with Gasteiger partial charge in [-0.15, -0.1) is 6.58 Å². The van der Waals surface area contributed by atoms with Gasteiger partial charge in [-0.25, -0.2) is 0 Å². The summed E-state index contributed by atoms with van der Waals surface area (Å²) in [4.78, 5) is 34.7. The van der Waals surface area contributed by atoms with Crippen LogP contribution in [0.2, 0.25) is 0 Å². The number of hydrogen-bond donors (Lipinski definition) is 2. The summed E-state index contributed by atoms with van der Waals surface area (Å²) in [6, 6.07) is 0. The lowest BCUT2D eigenvalue weighted by atomic mass is 10.00. The predicted molar refractivity (Wildman–Crippen MR) is 161 cm³/mol. The molecule has 0 aliphatic carbocycles. The van der Waals surface area contributed by atoms with E-state index in [-0.39, 0.29) is 24.1 Å². The first-order chi connectivity index (χ1) is 19.0. The third-order valence-electron chi connectivity index (χ3n) is 8.27. The zero-order valence-corrected chi connectivity index (χ0v) is 26.0. The van der Waals surface area contributed by atoms with Crippen molar-refractivity contribution in [2.75, 3.05) is 26.2 Å². The number of allylic oxidation sites excluding steroid dienone is 1. The minimum atomic E-state index is -1.18. The molecule has 0 aliphatic rings. The molecule has 0 saturated heterocycles. The van der Waals surface area contributed by atoms with E-state index < -0.39 is 35.7 Å². The van der Waals surface area contributed by atoms with Crippen LogP contribution in [0.5, 0.6) is 0 Å². The van der Waals surface area contributed by atoms with Crippen molar-refractivity contribution >= 4 is 17.9 Å². The highest BCUT2D eigenvalue weighted by Crippen LogP contribution is 2.22. The van der Waals surface area contributed by atoms with Gasteiger partial charge in [-0.2, -0.15) is 0 Å². The number of carboxylic acid groups (broad SMARTS) is 3. The van der Waals surface area contributed by atoms with Crippen LogP contribution in [0.25, 0.3) is 0 Å². The molecule has 0 radical (unpaired) electrons. The van der Waals surface area contributed by atoms with Crippen LogP contribution in [0, 0.1) is 17.8 Å². The Morgan fingerprint density at radius 1 is 0.600 bits per heavy atom. The van der Waals surface area contributed by atoms with Gasteiger partial charge >= 0.3 is 11.9 Å². The summed E-state index contributed by atoms with van der Waals surface area (Å²) in [5.41, 5.74) is 0. The first kappa shape index (κ1) is 38.1. The van der Waals surface area contributed by atoms with Crippen molar-refractivity contribution in [3.05, 3.63) is 12.7 Å². The molecule has 0 saturated carbocycles. The Kier molecular flexibility index (Phi) is 22.7. The lowest BCUT2D eigenvalue weighted by Crippen LogP contribution is -2.58. The molecule has 2 N–H and O–H groups in total. The SMILES string of the molecule is C=CCCCCCCCCCCCCCCCCCCC[N+](CC(C)C(=O)[O-])(CC(C)C(=O)O)CC(C)C(=O)O. The number of carboxylic acids is 3. The second-order valence-electron chi connectivity index (χ2n) is 12.4. The highest BCUT2D eigenvalue weighted by atomic mass is 16.4. The van der Waals surface area contributed by atoms with Crippen LogP contribution in [-0.2, 0) is 14.4 Å². The molecule has 0 rings (SSSR count). The molecule has 7 heteroatoms. The maximum Gasteiger partial charge on any atom is 0.311 e. The minimum absolute atomic E-state index is 0.186. The van der Waals surface area contributed by atoms with Crippen molar-refractivity contribution in [1.29, 1.82) is 0 Å². The lowest BCUT2D eigenvalue weighted by molar-refractivity contribution is -0.934. The Balaban J connectivity index is 4.26. The number of hydrogen-bond acceptors (Lipinski definition) is 4. The number of rotatable bonds is 29. The molecular formula is C33H61NO6. The van der Waals surface area contributed by atoms with E-state index in [1.807, 2.05) is 6.08 Å². The van der Waals surface area contributed by atoms with Crippen LogP contribution in [0.1, 0.15) is 136 Å². The molecule has 0 spiro atoms. The molecule has 0 amide bonds. The van der Waals surface area contributed by atoms with E-state index in [2.05, 4.69) is 6.58 Å². The lowest BCUT2D eigenvalue weighted by Gasteiger charge is -2.43. The Hall–Kier alpha value is -1.89. The van der Waals surface area contributed by atoms with Crippen molar-refractivity contribution in [1.82, 2.24) is 0 Å². The van der Waals surface area contributed by atoms with Gasteiger partial charge in [0.25, 0.3) is 0 Å². The maximum absolute atomic E-state index is 11.6. The minimum Gasteiger partial charge on any atom is -0.550 e. The van der Waals surface area contributed by atoms with Crippen LogP contribution in [0.3, 0.4) is 0 Å². The Labute approximate surface area is 245 Å². The normalized spacial score (nSPS) is 15.2. The fourth-order valence-corrected chi connectivity index (χ4v) is 5.86. The summed E-state index contributed by atoms with van der Waals surface area (Å²) in [6.07, 6.45) is 24.5. The highest BCUT2D eigenvalue weighted by Gasteiger charge is 2.36. The van der Waals surface area contributed by atoms with E-state index in [1.165, 1.54) is 89.9 Å². The zero-order valence-electron chi connectivity index (χ0n) is 26.0. The molecule has 0 fully saturated rings. The van der Waals surface area contributed by atoms with E-state index in [4.69, 9.17) is 0 Å². The van der Waals surface area contributed by atoms with E-state index in [0.29, 0.717) is 6.54 Å². The van der Waals surface area contributed by atoms with Crippen LogP contribution in [-0.4, -0.2) is 58.8 Å². The number of carbonyl (C=O) groups is 3. The van der Waals surface area contributed by atoms with Gasteiger partial charge in [0.2, 0.25) is 0 Å². The highest BCUT2D eigenvalue weighted by molar-refractivity contribution is 5.70. The molecule has 0 aromatic carbocycles. The summed E-state index contributed by atoms with van der Waals surface area (Å²) in [5, 5.41) is 30.5. The molecule has 3 atom stereocenters.